The van der Waals surface area contributed by atoms with Gasteiger partial charge in [-0.3, -0.25) is 9.97 Å². The normalized spacial score (nSPS) is 7.33. The maximum absolute atomic E-state index is 9.01. The molecule has 2 heterocycles. The summed E-state index contributed by atoms with van der Waals surface area (Å²) in [5.41, 5.74) is 3.58. The van der Waals surface area contributed by atoms with E-state index in [1.807, 2.05) is 10.8 Å². The van der Waals surface area contributed by atoms with Crippen molar-refractivity contribution in [3.05, 3.63) is 34.2 Å². The predicted molar refractivity (Wildman–Crippen MR) is 68.4 cm³/mol. The molecule has 0 aliphatic rings. The van der Waals surface area contributed by atoms with Crippen LogP contribution in [0.3, 0.4) is 0 Å². The van der Waals surface area contributed by atoms with Crippen LogP contribution in [0.2, 0.25) is 0 Å². The summed E-state index contributed by atoms with van der Waals surface area (Å²) >= 11 is 3.20. The fraction of sp³-hybridized carbons (Fsp3) is 0.200. The summed E-state index contributed by atoms with van der Waals surface area (Å²) in [5, 5.41) is 36.8. The van der Waals surface area contributed by atoms with Gasteiger partial charge in [-0.2, -0.15) is 0 Å². The molecule has 0 aliphatic carbocycles. The maximum Gasteiger partial charge on any atom is 2.00 e. The summed E-state index contributed by atoms with van der Waals surface area (Å²) in [7, 11) is 0. The molecule has 11 heteroatoms. The molecule has 21 heavy (non-hydrogen) atoms. The Hall–Kier alpha value is -1.19. The molecule has 0 saturated heterocycles. The average molecular weight is 515 g/mol. The molecule has 0 saturated carbocycles. The number of hydrogen-bond acceptors (Lipinski definition) is 10. The first-order chi connectivity index (χ1) is 9.54. The molecule has 0 aliphatic heterocycles. The average Bonchev–Trinajstić information content (AvgIpc) is 3.16. The number of nitrogens with zero attached hydrogens (tertiary/aromatic N) is 2. The molecule has 8 nitrogen and oxygen atoms in total. The minimum absolute atomic E-state index is 0. The molecule has 0 bridgehead atoms. The van der Waals surface area contributed by atoms with Gasteiger partial charge in [0.05, 0.1) is 36.2 Å². The minimum atomic E-state index is -1.44. The van der Waals surface area contributed by atoms with Crippen LogP contribution in [0.4, 0.5) is 0 Å². The van der Waals surface area contributed by atoms with Gasteiger partial charge in [0.25, 0.3) is 0 Å². The number of carboxylic acids is 2. The first-order valence-corrected chi connectivity index (χ1v) is 6.68. The monoisotopic (exact) mass is 515 g/mol. The molecule has 0 unspecified atom stereocenters. The predicted octanol–water partition coefficient (Wildman–Crippen LogP) is -2.26. The van der Waals surface area contributed by atoms with Gasteiger partial charge in [-0.05, 0) is 0 Å². The van der Waals surface area contributed by atoms with E-state index < -0.39 is 25.2 Å². The zero-order valence-corrected chi connectivity index (χ0v) is 14.3. The van der Waals surface area contributed by atoms with Crippen molar-refractivity contribution in [1.82, 2.24) is 9.97 Å². The Bertz CT molecular complexity index is 338. The van der Waals surface area contributed by atoms with Crippen LogP contribution < -0.4 is 10.2 Å². The molecule has 0 fully saturated rings. The first-order valence-electron chi connectivity index (χ1n) is 4.80. The molecule has 2 aromatic heterocycles. The molecule has 0 atom stereocenters. The Balaban J connectivity index is -0.000000202. The third kappa shape index (κ3) is 32.4. The summed E-state index contributed by atoms with van der Waals surface area (Å²) in [6.07, 6.45) is 3.54. The number of aliphatic carboxylic acids is 2. The summed E-state index contributed by atoms with van der Waals surface area (Å²) < 4.78 is 0. The number of aliphatic hydroxyl groups is 2. The van der Waals surface area contributed by atoms with E-state index in [1.165, 1.54) is 0 Å². The van der Waals surface area contributed by atoms with Gasteiger partial charge < -0.3 is 30.0 Å². The Kier molecular flexibility index (Phi) is 24.9. The molecular formula is C10H12N2O6PtS2. The zero-order chi connectivity index (χ0) is 15.6. The second-order valence-electron chi connectivity index (χ2n) is 2.41. The summed E-state index contributed by atoms with van der Waals surface area (Å²) in [6, 6.07) is 0. The van der Waals surface area contributed by atoms with Gasteiger partial charge in [-0.15, -0.1) is 22.7 Å². The van der Waals surface area contributed by atoms with E-state index in [9.17, 15) is 0 Å². The fourth-order valence-corrected chi connectivity index (χ4v) is 1.05. The van der Waals surface area contributed by atoms with Crippen LogP contribution in [0.25, 0.3) is 0 Å². The summed E-state index contributed by atoms with van der Waals surface area (Å²) in [4.78, 5) is 25.5. The van der Waals surface area contributed by atoms with E-state index in [0.29, 0.717) is 0 Å². The van der Waals surface area contributed by atoms with Gasteiger partial charge in [0.2, 0.25) is 0 Å². The second kappa shape index (κ2) is 21.1. The quantitative estimate of drug-likeness (QED) is 0.456. The van der Waals surface area contributed by atoms with Crippen LogP contribution in [-0.2, 0) is 30.7 Å². The Morgan fingerprint density at radius 3 is 1.24 bits per heavy atom. The van der Waals surface area contributed by atoms with E-state index in [2.05, 4.69) is 9.97 Å². The number of carbonyl (C=O) groups is 2. The van der Waals surface area contributed by atoms with Crippen molar-refractivity contribution in [2.75, 3.05) is 13.2 Å². The SMILES string of the molecule is O=C([O-])CO.O=C([O-])CO.[Pt+2].c1cscn1.c1cscn1. The molecule has 0 amide bonds. The van der Waals surface area contributed by atoms with E-state index >= 15 is 0 Å². The number of aliphatic hydroxyl groups excluding tert-OH is 2. The van der Waals surface area contributed by atoms with Gasteiger partial charge in [0.15, 0.2) is 0 Å². The smallest absolute Gasteiger partial charge is 0.548 e. The topological polar surface area (TPSA) is 146 Å². The molecule has 120 valence electrons. The largest absolute Gasteiger partial charge is 2.00 e. The number of rotatable bonds is 2. The van der Waals surface area contributed by atoms with Gasteiger partial charge in [0, 0.05) is 23.2 Å². The Morgan fingerprint density at radius 2 is 1.19 bits per heavy atom. The zero-order valence-electron chi connectivity index (χ0n) is 10.4. The van der Waals surface area contributed by atoms with Crippen molar-refractivity contribution in [3.8, 4) is 0 Å². The van der Waals surface area contributed by atoms with Crippen molar-refractivity contribution >= 4 is 34.6 Å². The Morgan fingerprint density at radius 1 is 0.905 bits per heavy atom. The number of aromatic nitrogens is 2. The van der Waals surface area contributed by atoms with Gasteiger partial charge in [0.1, 0.15) is 0 Å². The van der Waals surface area contributed by atoms with E-state index in [0.717, 1.165) is 0 Å². The van der Waals surface area contributed by atoms with Crippen LogP contribution in [0.5, 0.6) is 0 Å². The van der Waals surface area contributed by atoms with Crippen molar-refractivity contribution in [1.29, 1.82) is 0 Å². The number of thiazole rings is 2. The van der Waals surface area contributed by atoms with E-state index in [-0.39, 0.29) is 21.1 Å². The molecule has 0 radical (unpaired) electrons. The van der Waals surface area contributed by atoms with Crippen LogP contribution in [-0.4, -0.2) is 45.3 Å². The molecular weight excluding hydrogens is 503 g/mol. The third-order valence-electron chi connectivity index (χ3n) is 0.953. The van der Waals surface area contributed by atoms with Gasteiger partial charge >= 0.3 is 21.1 Å². The fourth-order valence-electron chi connectivity index (χ4n) is 0.351. The number of carboxylic acid groups (broad SMARTS) is 2. The van der Waals surface area contributed by atoms with Crippen LogP contribution in [0, 0.1) is 0 Å². The van der Waals surface area contributed by atoms with Crippen LogP contribution >= 0.6 is 22.7 Å². The summed E-state index contributed by atoms with van der Waals surface area (Å²) in [5.74, 6) is -2.88. The van der Waals surface area contributed by atoms with Crippen LogP contribution in [0.15, 0.2) is 34.2 Å². The van der Waals surface area contributed by atoms with Crippen molar-refractivity contribution in [2.24, 2.45) is 0 Å². The number of carbonyl (C=O) groups excluding carboxylic acids is 2. The molecule has 0 spiro atoms. The van der Waals surface area contributed by atoms with Crippen molar-refractivity contribution in [3.63, 3.8) is 0 Å². The maximum atomic E-state index is 9.01. The minimum Gasteiger partial charge on any atom is -0.548 e. The van der Waals surface area contributed by atoms with Gasteiger partial charge in [-0.1, -0.05) is 0 Å². The molecule has 2 N–H and O–H groups in total. The van der Waals surface area contributed by atoms with E-state index in [1.54, 1.807) is 46.1 Å². The van der Waals surface area contributed by atoms with E-state index in [4.69, 9.17) is 30.0 Å². The molecule has 0 aromatic carbocycles. The third-order valence-corrected chi connectivity index (χ3v) is 2.00. The van der Waals surface area contributed by atoms with Crippen molar-refractivity contribution in [2.45, 2.75) is 0 Å². The van der Waals surface area contributed by atoms with Crippen LogP contribution in [0.1, 0.15) is 0 Å². The molecule has 2 aromatic rings. The first kappa shape index (κ1) is 24.8. The second-order valence-corrected chi connectivity index (χ2v) is 3.92. The van der Waals surface area contributed by atoms with Gasteiger partial charge in [-0.25, -0.2) is 0 Å². The number of hydrogen-bond donors (Lipinski definition) is 2. The standard InChI is InChI=1S/2C3H3NS.2C2H4O3.Pt/c2*1-2-5-3-4-1;2*3-1-2(4)5;/h2*1-3H;2*3H,1H2,(H,4,5);/q;;;;+2/p-2. The van der Waals surface area contributed by atoms with Crippen molar-refractivity contribution < 1.29 is 51.1 Å². The Labute approximate surface area is 143 Å². The summed E-state index contributed by atoms with van der Waals surface area (Å²) in [6.45, 7) is -1.78. The molecule has 2 rings (SSSR count).